The minimum Gasteiger partial charge on any atom is -0.349 e. The fourth-order valence-electron chi connectivity index (χ4n) is 2.99. The molecule has 2 amide bonds. The van der Waals surface area contributed by atoms with Crippen LogP contribution >= 0.6 is 11.3 Å². The second kappa shape index (κ2) is 8.55. The first-order chi connectivity index (χ1) is 15.2. The molecule has 0 aliphatic carbocycles. The Morgan fingerprint density at radius 3 is 2.53 bits per heavy atom. The summed E-state index contributed by atoms with van der Waals surface area (Å²) in [5.41, 5.74) is 2.78. The Bertz CT molecular complexity index is 1270. The molecule has 0 aliphatic rings. The van der Waals surface area contributed by atoms with Gasteiger partial charge in [-0.2, -0.15) is 0 Å². The molecule has 0 fully saturated rings. The molecular formula is C24H25N5O2S. The van der Waals surface area contributed by atoms with Crippen LogP contribution in [0.2, 0.25) is 0 Å². The van der Waals surface area contributed by atoms with Crippen LogP contribution < -0.4 is 10.6 Å². The number of H-pyrrole nitrogens is 1. The smallest absolute Gasteiger partial charge is 0.265 e. The number of carbonyl (C=O) groups is 2. The van der Waals surface area contributed by atoms with Crippen LogP contribution in [0.5, 0.6) is 0 Å². The highest BCUT2D eigenvalue weighted by Gasteiger charge is 2.24. The number of rotatable bonds is 5. The fourth-order valence-corrected chi connectivity index (χ4v) is 3.84. The van der Waals surface area contributed by atoms with Gasteiger partial charge in [-0.25, -0.2) is 9.97 Å². The Morgan fingerprint density at radius 2 is 1.81 bits per heavy atom. The minimum atomic E-state index is -0.195. The van der Waals surface area contributed by atoms with E-state index in [2.05, 4.69) is 46.4 Å². The van der Waals surface area contributed by atoms with E-state index in [0.717, 1.165) is 10.6 Å². The third-order valence-corrected chi connectivity index (χ3v) is 6.49. The fraction of sp³-hybridized carbons (Fsp3) is 0.250. The molecule has 3 N–H and O–H groups in total. The first-order valence-electron chi connectivity index (χ1n) is 10.3. The summed E-state index contributed by atoms with van der Waals surface area (Å²) in [6.45, 7) is 8.21. The lowest BCUT2D eigenvalue weighted by molar-refractivity contribution is 0.0911. The number of benzene rings is 1. The van der Waals surface area contributed by atoms with Crippen LogP contribution in [0.25, 0.3) is 21.7 Å². The van der Waals surface area contributed by atoms with Gasteiger partial charge in [-0.15, -0.1) is 11.3 Å². The van der Waals surface area contributed by atoms with Crippen molar-refractivity contribution in [2.45, 2.75) is 33.7 Å². The maximum absolute atomic E-state index is 12.8. The number of para-hydroxylation sites is 1. The third kappa shape index (κ3) is 4.55. The zero-order chi connectivity index (χ0) is 22.9. The number of fused-ring (bicyclic) bond motifs is 1. The van der Waals surface area contributed by atoms with Gasteiger partial charge in [0, 0.05) is 17.9 Å². The van der Waals surface area contributed by atoms with E-state index in [-0.39, 0.29) is 23.3 Å². The molecule has 32 heavy (non-hydrogen) atoms. The number of nitrogens with one attached hydrogen (secondary N) is 3. The van der Waals surface area contributed by atoms with Crippen molar-refractivity contribution in [3.63, 3.8) is 0 Å². The van der Waals surface area contributed by atoms with E-state index >= 15 is 0 Å². The van der Waals surface area contributed by atoms with E-state index in [1.165, 1.54) is 11.3 Å². The molecule has 0 aliphatic heterocycles. The van der Waals surface area contributed by atoms with Gasteiger partial charge in [0.1, 0.15) is 5.52 Å². The van der Waals surface area contributed by atoms with E-state index < -0.39 is 0 Å². The van der Waals surface area contributed by atoms with Crippen molar-refractivity contribution in [2.24, 2.45) is 5.41 Å². The molecule has 0 saturated heterocycles. The molecule has 0 radical (unpaired) electrons. The van der Waals surface area contributed by atoms with Crippen LogP contribution in [0.1, 0.15) is 47.7 Å². The summed E-state index contributed by atoms with van der Waals surface area (Å²) in [5, 5.41) is 5.92. The van der Waals surface area contributed by atoms with Crippen LogP contribution in [-0.4, -0.2) is 32.8 Å². The molecule has 164 valence electrons. The van der Waals surface area contributed by atoms with Crippen LogP contribution in [0.3, 0.4) is 0 Å². The molecule has 0 spiro atoms. The summed E-state index contributed by atoms with van der Waals surface area (Å²) < 4.78 is 0. The van der Waals surface area contributed by atoms with Gasteiger partial charge in [0.25, 0.3) is 11.8 Å². The topological polar surface area (TPSA) is 99.8 Å². The van der Waals surface area contributed by atoms with E-state index in [1.807, 2.05) is 43.3 Å². The molecule has 0 bridgehead atoms. The highest BCUT2D eigenvalue weighted by Crippen LogP contribution is 2.29. The molecule has 1 atom stereocenters. The van der Waals surface area contributed by atoms with Gasteiger partial charge in [0.15, 0.2) is 5.65 Å². The summed E-state index contributed by atoms with van der Waals surface area (Å²) in [6.07, 6.45) is 3.27. The number of nitrogens with zero attached hydrogens (tertiary/aromatic N) is 2. The Labute approximate surface area is 190 Å². The molecule has 3 aromatic heterocycles. The van der Waals surface area contributed by atoms with Gasteiger partial charge >= 0.3 is 0 Å². The highest BCUT2D eigenvalue weighted by atomic mass is 32.1. The lowest BCUT2D eigenvalue weighted by Crippen LogP contribution is -2.41. The Kier molecular flexibility index (Phi) is 5.80. The van der Waals surface area contributed by atoms with Gasteiger partial charge in [0.05, 0.1) is 27.2 Å². The van der Waals surface area contributed by atoms with Crippen molar-refractivity contribution < 1.29 is 9.59 Å². The average Bonchev–Trinajstić information content (AvgIpc) is 3.41. The Balaban J connectivity index is 1.57. The van der Waals surface area contributed by atoms with E-state index in [0.29, 0.717) is 27.3 Å². The average molecular weight is 448 g/mol. The number of aromatic nitrogens is 3. The molecule has 7 nitrogen and oxygen atoms in total. The number of amides is 2. The van der Waals surface area contributed by atoms with E-state index in [1.54, 1.807) is 18.5 Å². The van der Waals surface area contributed by atoms with Crippen molar-refractivity contribution in [1.29, 1.82) is 0 Å². The van der Waals surface area contributed by atoms with Crippen LogP contribution in [-0.2, 0) is 0 Å². The predicted molar refractivity (Wildman–Crippen MR) is 128 cm³/mol. The molecule has 4 aromatic rings. The second-order valence-electron chi connectivity index (χ2n) is 8.70. The molecular weight excluding hydrogens is 422 g/mol. The Morgan fingerprint density at radius 1 is 1.06 bits per heavy atom. The largest absolute Gasteiger partial charge is 0.349 e. The maximum Gasteiger partial charge on any atom is 0.265 e. The minimum absolute atomic E-state index is 0.0147. The summed E-state index contributed by atoms with van der Waals surface area (Å²) in [7, 11) is 0. The lowest BCUT2D eigenvalue weighted by Gasteiger charge is -2.27. The van der Waals surface area contributed by atoms with Crippen LogP contribution in [0.4, 0.5) is 5.69 Å². The van der Waals surface area contributed by atoms with Crippen molar-refractivity contribution >= 4 is 40.0 Å². The first kappa shape index (κ1) is 21.7. The van der Waals surface area contributed by atoms with Crippen molar-refractivity contribution in [3.8, 4) is 10.6 Å². The van der Waals surface area contributed by atoms with Crippen LogP contribution in [0, 0.1) is 5.41 Å². The second-order valence-corrected chi connectivity index (χ2v) is 9.78. The van der Waals surface area contributed by atoms with E-state index in [4.69, 9.17) is 0 Å². The third-order valence-electron chi connectivity index (χ3n) is 5.39. The number of hydrogen-bond donors (Lipinski definition) is 3. The zero-order valence-electron chi connectivity index (χ0n) is 18.4. The highest BCUT2D eigenvalue weighted by molar-refractivity contribution is 7.17. The van der Waals surface area contributed by atoms with E-state index in [9.17, 15) is 9.59 Å². The summed E-state index contributed by atoms with van der Waals surface area (Å²) in [5.74, 6) is -0.376. The quantitative estimate of drug-likeness (QED) is 0.396. The van der Waals surface area contributed by atoms with Crippen LogP contribution in [0.15, 0.2) is 54.9 Å². The zero-order valence-corrected chi connectivity index (χ0v) is 19.2. The monoisotopic (exact) mass is 447 g/mol. The summed E-state index contributed by atoms with van der Waals surface area (Å²) in [6, 6.07) is 12.9. The predicted octanol–water partition coefficient (Wildman–Crippen LogP) is 5.10. The summed E-state index contributed by atoms with van der Waals surface area (Å²) in [4.78, 5) is 38.9. The first-order valence-corrected chi connectivity index (χ1v) is 11.2. The van der Waals surface area contributed by atoms with Crippen molar-refractivity contribution in [1.82, 2.24) is 20.3 Å². The lowest BCUT2D eigenvalue weighted by atomic mass is 9.88. The summed E-state index contributed by atoms with van der Waals surface area (Å²) >= 11 is 1.33. The molecule has 8 heteroatoms. The van der Waals surface area contributed by atoms with Gasteiger partial charge in [-0.1, -0.05) is 39.0 Å². The van der Waals surface area contributed by atoms with Gasteiger partial charge < -0.3 is 15.6 Å². The number of carbonyl (C=O) groups excluding carboxylic acids is 2. The van der Waals surface area contributed by atoms with Gasteiger partial charge in [-0.3, -0.25) is 9.59 Å². The van der Waals surface area contributed by atoms with Crippen molar-refractivity contribution in [2.75, 3.05) is 5.32 Å². The molecule has 0 saturated carbocycles. The number of hydrogen-bond acceptors (Lipinski definition) is 5. The molecule has 0 unspecified atom stereocenters. The maximum atomic E-state index is 12.8. The number of thiophene rings is 1. The van der Waals surface area contributed by atoms with Gasteiger partial charge in [-0.05, 0) is 36.6 Å². The van der Waals surface area contributed by atoms with Crippen molar-refractivity contribution in [3.05, 3.63) is 65.3 Å². The molecule has 1 aromatic carbocycles. The molecule has 4 rings (SSSR count). The normalized spacial score (nSPS) is 12.5. The number of anilines is 1. The Hall–Kier alpha value is -3.52. The SMILES string of the molecule is C[C@H](NC(=O)c1c[nH]c2ncc(-c3ccc(C(=O)Nc4ccccc4)s3)nc12)C(C)(C)C. The van der Waals surface area contributed by atoms with Gasteiger partial charge in [0.2, 0.25) is 0 Å². The number of aromatic amines is 1. The standard InChI is InChI=1S/C24H25N5O2S/c1-14(24(2,3)4)27-22(30)16-12-25-21-20(16)29-17(13-26-21)18-10-11-19(32-18)23(31)28-15-8-6-5-7-9-15/h5-14H,1-4H3,(H,25,26)(H,27,30)(H,28,31)/t14-/m0/s1. The molecule has 3 heterocycles.